The number of carboxylic acid groups (broad SMARTS) is 1. The minimum absolute atomic E-state index is 0.100. The zero-order valence-corrected chi connectivity index (χ0v) is 12.7. The summed E-state index contributed by atoms with van der Waals surface area (Å²) in [7, 11) is 4.40. The maximum absolute atomic E-state index is 11.9. The first-order chi connectivity index (χ1) is 9.88. The number of carboxylic acids is 1. The molecular formula is C13H17ClN2O5. The van der Waals surface area contributed by atoms with Gasteiger partial charge in [-0.1, -0.05) is 11.6 Å². The molecule has 0 saturated heterocycles. The van der Waals surface area contributed by atoms with Crippen molar-refractivity contribution in [1.29, 1.82) is 0 Å². The number of nitrogens with zero attached hydrogens (tertiary/aromatic N) is 1. The summed E-state index contributed by atoms with van der Waals surface area (Å²) in [6, 6.07) is 2.66. The van der Waals surface area contributed by atoms with E-state index in [1.807, 2.05) is 0 Å². The number of aliphatic carboxylic acids is 1. The Morgan fingerprint density at radius 2 is 1.81 bits per heavy atom. The fraction of sp³-hybridized carbons (Fsp3) is 0.385. The molecule has 0 radical (unpaired) electrons. The molecule has 1 aromatic carbocycles. The lowest BCUT2D eigenvalue weighted by molar-refractivity contribution is -0.137. The van der Waals surface area contributed by atoms with Gasteiger partial charge in [0.1, 0.15) is 16.5 Å². The Morgan fingerprint density at radius 3 is 2.24 bits per heavy atom. The van der Waals surface area contributed by atoms with Crippen molar-refractivity contribution in [3.8, 4) is 11.5 Å². The summed E-state index contributed by atoms with van der Waals surface area (Å²) in [5, 5.41) is 11.5. The van der Waals surface area contributed by atoms with E-state index in [-0.39, 0.29) is 13.0 Å². The van der Waals surface area contributed by atoms with Crippen molar-refractivity contribution in [3.05, 3.63) is 17.2 Å². The number of halogens is 1. The molecule has 0 aromatic heterocycles. The van der Waals surface area contributed by atoms with Gasteiger partial charge in [-0.05, 0) is 0 Å². The Morgan fingerprint density at radius 1 is 1.29 bits per heavy atom. The van der Waals surface area contributed by atoms with Crippen LogP contribution in [0.25, 0.3) is 0 Å². The number of ether oxygens (including phenoxy) is 2. The number of carbonyl (C=O) groups excluding carboxylic acids is 1. The lowest BCUT2D eigenvalue weighted by atomic mass is 10.2. The summed E-state index contributed by atoms with van der Waals surface area (Å²) in [6.07, 6.45) is -0.128. The van der Waals surface area contributed by atoms with E-state index in [0.717, 1.165) is 0 Å². The van der Waals surface area contributed by atoms with Gasteiger partial charge in [-0.3, -0.25) is 4.79 Å². The van der Waals surface area contributed by atoms with Crippen molar-refractivity contribution in [2.24, 2.45) is 0 Å². The second kappa shape index (κ2) is 7.58. The largest absolute Gasteiger partial charge is 0.495 e. The van der Waals surface area contributed by atoms with Gasteiger partial charge in [-0.25, -0.2) is 4.79 Å². The van der Waals surface area contributed by atoms with E-state index < -0.39 is 12.0 Å². The van der Waals surface area contributed by atoms with Crippen LogP contribution < -0.4 is 14.8 Å². The van der Waals surface area contributed by atoms with Gasteiger partial charge in [0.2, 0.25) is 0 Å². The highest BCUT2D eigenvalue weighted by molar-refractivity contribution is 6.33. The molecule has 1 aromatic rings. The van der Waals surface area contributed by atoms with Crippen LogP contribution in [-0.2, 0) is 4.79 Å². The molecular weight excluding hydrogens is 300 g/mol. The number of hydrogen-bond acceptors (Lipinski definition) is 4. The van der Waals surface area contributed by atoms with Crippen molar-refractivity contribution in [2.45, 2.75) is 6.42 Å². The number of methoxy groups -OCH3 is 2. The first-order valence-corrected chi connectivity index (χ1v) is 6.42. The Bertz CT molecular complexity index is 510. The lowest BCUT2D eigenvalue weighted by Gasteiger charge is -2.18. The van der Waals surface area contributed by atoms with Gasteiger partial charge in [0, 0.05) is 31.4 Å². The zero-order valence-electron chi connectivity index (χ0n) is 12.0. The van der Waals surface area contributed by atoms with Crippen LogP contribution in [0.15, 0.2) is 12.1 Å². The molecule has 0 aliphatic carbocycles. The summed E-state index contributed by atoms with van der Waals surface area (Å²) >= 11 is 6.03. The normalized spacial score (nSPS) is 9.90. The second-order valence-electron chi connectivity index (χ2n) is 4.19. The monoisotopic (exact) mass is 316 g/mol. The van der Waals surface area contributed by atoms with Crippen molar-refractivity contribution in [2.75, 3.05) is 33.1 Å². The van der Waals surface area contributed by atoms with Crippen LogP contribution in [0.1, 0.15) is 6.42 Å². The van der Waals surface area contributed by atoms with Crippen LogP contribution in [-0.4, -0.2) is 49.8 Å². The molecule has 116 valence electrons. The smallest absolute Gasteiger partial charge is 0.321 e. The first-order valence-electron chi connectivity index (χ1n) is 6.04. The van der Waals surface area contributed by atoms with Crippen molar-refractivity contribution in [1.82, 2.24) is 4.90 Å². The molecule has 1 rings (SSSR count). The number of urea groups is 1. The fourth-order valence-corrected chi connectivity index (χ4v) is 1.79. The van der Waals surface area contributed by atoms with E-state index in [4.69, 9.17) is 26.2 Å². The van der Waals surface area contributed by atoms with Crippen LogP contribution in [0, 0.1) is 0 Å². The van der Waals surface area contributed by atoms with Crippen LogP contribution in [0.2, 0.25) is 5.02 Å². The molecule has 0 spiro atoms. The highest BCUT2D eigenvalue weighted by Gasteiger charge is 2.14. The number of benzene rings is 1. The Kier molecular flexibility index (Phi) is 6.10. The summed E-state index contributed by atoms with van der Waals surface area (Å²) in [5.74, 6) is -0.247. The molecule has 2 amide bonds. The van der Waals surface area contributed by atoms with Gasteiger partial charge in [-0.15, -0.1) is 0 Å². The van der Waals surface area contributed by atoms with E-state index >= 15 is 0 Å². The topological polar surface area (TPSA) is 88.1 Å². The van der Waals surface area contributed by atoms with E-state index in [0.29, 0.717) is 22.2 Å². The fourth-order valence-electron chi connectivity index (χ4n) is 1.53. The van der Waals surface area contributed by atoms with Gasteiger partial charge >= 0.3 is 12.0 Å². The molecule has 0 unspecified atom stereocenters. The summed E-state index contributed by atoms with van der Waals surface area (Å²) in [6.45, 7) is 0.100. The molecule has 0 aliphatic rings. The number of amides is 2. The van der Waals surface area contributed by atoms with E-state index in [9.17, 15) is 9.59 Å². The molecule has 0 saturated carbocycles. The Balaban J connectivity index is 2.82. The quantitative estimate of drug-likeness (QED) is 0.840. The lowest BCUT2D eigenvalue weighted by Crippen LogP contribution is -2.33. The van der Waals surface area contributed by atoms with Crippen LogP contribution in [0.3, 0.4) is 0 Å². The number of carbonyl (C=O) groups is 2. The van der Waals surface area contributed by atoms with E-state index in [2.05, 4.69) is 5.32 Å². The van der Waals surface area contributed by atoms with Crippen LogP contribution in [0.5, 0.6) is 11.5 Å². The summed E-state index contributed by atoms with van der Waals surface area (Å²) in [5.41, 5.74) is 0.431. The molecule has 7 nitrogen and oxygen atoms in total. The van der Waals surface area contributed by atoms with Gasteiger partial charge in [0.15, 0.2) is 0 Å². The van der Waals surface area contributed by atoms with Gasteiger partial charge in [0.25, 0.3) is 0 Å². The highest BCUT2D eigenvalue weighted by atomic mass is 35.5. The molecule has 0 atom stereocenters. The minimum atomic E-state index is -0.968. The Hall–Kier alpha value is -2.15. The SMILES string of the molecule is COc1cc(NC(=O)N(C)CCC(=O)O)cc(OC)c1Cl. The van der Waals surface area contributed by atoms with Crippen molar-refractivity contribution >= 4 is 29.3 Å². The average Bonchev–Trinajstić information content (AvgIpc) is 2.45. The number of rotatable bonds is 6. The van der Waals surface area contributed by atoms with Crippen molar-refractivity contribution < 1.29 is 24.2 Å². The van der Waals surface area contributed by atoms with Crippen LogP contribution >= 0.6 is 11.6 Å². The maximum Gasteiger partial charge on any atom is 0.321 e. The van der Waals surface area contributed by atoms with Crippen molar-refractivity contribution in [3.63, 3.8) is 0 Å². The molecule has 0 bridgehead atoms. The Labute approximate surface area is 127 Å². The third-order valence-electron chi connectivity index (χ3n) is 2.70. The number of anilines is 1. The molecule has 0 heterocycles. The predicted molar refractivity (Wildman–Crippen MR) is 78.5 cm³/mol. The summed E-state index contributed by atoms with van der Waals surface area (Å²) < 4.78 is 10.2. The first kappa shape index (κ1) is 16.9. The highest BCUT2D eigenvalue weighted by Crippen LogP contribution is 2.37. The van der Waals surface area contributed by atoms with E-state index in [1.165, 1.54) is 26.2 Å². The zero-order chi connectivity index (χ0) is 16.0. The maximum atomic E-state index is 11.9. The third kappa shape index (κ3) is 4.71. The number of hydrogen-bond donors (Lipinski definition) is 2. The third-order valence-corrected chi connectivity index (χ3v) is 3.08. The molecule has 0 fully saturated rings. The van der Waals surface area contributed by atoms with Gasteiger partial charge in [0.05, 0.1) is 20.6 Å². The van der Waals surface area contributed by atoms with Gasteiger partial charge in [-0.2, -0.15) is 0 Å². The second-order valence-corrected chi connectivity index (χ2v) is 4.57. The van der Waals surface area contributed by atoms with Crippen LogP contribution in [0.4, 0.5) is 10.5 Å². The average molecular weight is 317 g/mol. The molecule has 8 heteroatoms. The van der Waals surface area contributed by atoms with Gasteiger partial charge < -0.3 is 24.8 Å². The molecule has 2 N–H and O–H groups in total. The number of nitrogens with one attached hydrogen (secondary N) is 1. The predicted octanol–water partition coefficient (Wildman–Crippen LogP) is 2.30. The molecule has 21 heavy (non-hydrogen) atoms. The standard InChI is InChI=1S/C13H17ClN2O5/c1-16(5-4-11(17)18)13(19)15-8-6-9(20-2)12(14)10(7-8)21-3/h6-7H,4-5H2,1-3H3,(H,15,19)(H,17,18). The van der Waals surface area contributed by atoms with E-state index in [1.54, 1.807) is 12.1 Å². The minimum Gasteiger partial charge on any atom is -0.495 e. The molecule has 0 aliphatic heterocycles. The summed E-state index contributed by atoms with van der Waals surface area (Å²) in [4.78, 5) is 23.7.